The van der Waals surface area contributed by atoms with Gasteiger partial charge in [0.2, 0.25) is 5.91 Å². The lowest BCUT2D eigenvalue weighted by Crippen LogP contribution is -2.42. The third-order valence-corrected chi connectivity index (χ3v) is 3.42. The number of para-hydroxylation sites is 1. The van der Waals surface area contributed by atoms with Crippen LogP contribution < -0.4 is 10.6 Å². The largest absolute Gasteiger partial charge is 0.369 e. The molecular weight excluding hydrogens is 250 g/mol. The maximum atomic E-state index is 13.4. The van der Waals surface area contributed by atoms with Crippen LogP contribution in [0.2, 0.25) is 0 Å². The average Bonchev–Trinajstić information content (AvgIpc) is 2.86. The summed E-state index contributed by atoms with van der Waals surface area (Å²) in [6.07, 6.45) is 4.20. The van der Waals surface area contributed by atoms with Gasteiger partial charge in [0.25, 0.3) is 0 Å². The molecule has 1 atom stereocenters. The van der Waals surface area contributed by atoms with E-state index < -0.39 is 17.7 Å². The summed E-state index contributed by atoms with van der Waals surface area (Å²) in [5, 5.41) is 5.48. The predicted molar refractivity (Wildman–Crippen MR) is 69.8 cm³/mol. The molecule has 1 saturated carbocycles. The molecule has 2 rings (SSSR count). The average molecular weight is 268 g/mol. The summed E-state index contributed by atoms with van der Waals surface area (Å²) in [6, 6.07) is 3.13. The highest BCUT2D eigenvalue weighted by Crippen LogP contribution is 2.20. The maximum Gasteiger partial charge on any atom is 0.242 e. The van der Waals surface area contributed by atoms with Crippen LogP contribution in [-0.4, -0.2) is 18.0 Å². The lowest BCUT2D eigenvalue weighted by atomic mass is 10.2. The van der Waals surface area contributed by atoms with Gasteiger partial charge in [-0.05, 0) is 31.9 Å². The Kier molecular flexibility index (Phi) is 4.35. The van der Waals surface area contributed by atoms with Crippen molar-refractivity contribution in [2.24, 2.45) is 0 Å². The van der Waals surface area contributed by atoms with Crippen LogP contribution in [-0.2, 0) is 4.79 Å². The second-order valence-corrected chi connectivity index (χ2v) is 4.95. The van der Waals surface area contributed by atoms with Crippen molar-refractivity contribution < 1.29 is 13.6 Å². The Morgan fingerprint density at radius 2 is 1.84 bits per heavy atom. The number of amides is 1. The molecule has 0 aliphatic heterocycles. The fourth-order valence-electron chi connectivity index (χ4n) is 2.31. The van der Waals surface area contributed by atoms with Gasteiger partial charge in [-0.25, -0.2) is 8.78 Å². The molecule has 0 spiro atoms. The first kappa shape index (κ1) is 13.8. The van der Waals surface area contributed by atoms with E-state index in [0.29, 0.717) is 0 Å². The summed E-state index contributed by atoms with van der Waals surface area (Å²) in [7, 11) is 0. The first-order valence-electron chi connectivity index (χ1n) is 6.59. The minimum atomic E-state index is -0.694. The second kappa shape index (κ2) is 5.99. The van der Waals surface area contributed by atoms with E-state index in [0.717, 1.165) is 37.8 Å². The lowest BCUT2D eigenvalue weighted by Gasteiger charge is -2.19. The topological polar surface area (TPSA) is 41.1 Å². The molecule has 2 N–H and O–H groups in total. The van der Waals surface area contributed by atoms with E-state index in [1.54, 1.807) is 6.92 Å². The highest BCUT2D eigenvalue weighted by molar-refractivity contribution is 5.84. The molecule has 19 heavy (non-hydrogen) atoms. The first-order valence-corrected chi connectivity index (χ1v) is 6.59. The van der Waals surface area contributed by atoms with Gasteiger partial charge in [0.15, 0.2) is 0 Å². The van der Waals surface area contributed by atoms with Crippen molar-refractivity contribution in [2.75, 3.05) is 5.32 Å². The molecule has 0 heterocycles. The molecule has 0 bridgehead atoms. The quantitative estimate of drug-likeness (QED) is 0.881. The smallest absolute Gasteiger partial charge is 0.242 e. The summed E-state index contributed by atoms with van der Waals surface area (Å²) in [5.41, 5.74) is -0.253. The van der Waals surface area contributed by atoms with Crippen LogP contribution in [0.4, 0.5) is 14.5 Å². The van der Waals surface area contributed by atoms with Gasteiger partial charge in [-0.2, -0.15) is 0 Å². The van der Waals surface area contributed by atoms with Gasteiger partial charge in [0, 0.05) is 6.04 Å². The summed E-state index contributed by atoms with van der Waals surface area (Å²) < 4.78 is 26.9. The van der Waals surface area contributed by atoms with Crippen molar-refractivity contribution in [2.45, 2.75) is 44.7 Å². The Morgan fingerprint density at radius 3 is 2.42 bits per heavy atom. The molecule has 3 nitrogen and oxygen atoms in total. The molecule has 104 valence electrons. The van der Waals surface area contributed by atoms with Crippen molar-refractivity contribution in [1.29, 1.82) is 0 Å². The Balaban J connectivity index is 1.96. The molecule has 1 aliphatic rings. The molecule has 0 radical (unpaired) electrons. The van der Waals surface area contributed by atoms with Gasteiger partial charge >= 0.3 is 0 Å². The number of anilines is 1. The number of benzene rings is 1. The van der Waals surface area contributed by atoms with E-state index in [4.69, 9.17) is 0 Å². The monoisotopic (exact) mass is 268 g/mol. The third-order valence-electron chi connectivity index (χ3n) is 3.42. The number of carbonyl (C=O) groups is 1. The number of rotatable bonds is 4. The Labute approximate surface area is 111 Å². The van der Waals surface area contributed by atoms with Gasteiger partial charge in [0.05, 0.1) is 0 Å². The number of halogens is 2. The fraction of sp³-hybridized carbons (Fsp3) is 0.500. The zero-order valence-corrected chi connectivity index (χ0v) is 10.9. The molecule has 1 amide bonds. The second-order valence-electron chi connectivity index (χ2n) is 4.95. The van der Waals surface area contributed by atoms with Gasteiger partial charge in [0.1, 0.15) is 23.4 Å². The number of nitrogens with one attached hydrogen (secondary N) is 2. The van der Waals surface area contributed by atoms with E-state index in [9.17, 15) is 13.6 Å². The zero-order chi connectivity index (χ0) is 13.8. The maximum absolute atomic E-state index is 13.4. The zero-order valence-electron chi connectivity index (χ0n) is 10.9. The van der Waals surface area contributed by atoms with E-state index in [1.165, 1.54) is 6.07 Å². The van der Waals surface area contributed by atoms with E-state index >= 15 is 0 Å². The minimum absolute atomic E-state index is 0.196. The van der Waals surface area contributed by atoms with Gasteiger partial charge in [-0.1, -0.05) is 18.9 Å². The van der Waals surface area contributed by atoms with E-state index in [1.807, 2.05) is 0 Å². The van der Waals surface area contributed by atoms with Crippen molar-refractivity contribution >= 4 is 11.6 Å². The van der Waals surface area contributed by atoms with E-state index in [-0.39, 0.29) is 17.6 Å². The van der Waals surface area contributed by atoms with Gasteiger partial charge < -0.3 is 10.6 Å². The summed E-state index contributed by atoms with van der Waals surface area (Å²) >= 11 is 0. The van der Waals surface area contributed by atoms with Crippen molar-refractivity contribution in [3.05, 3.63) is 29.8 Å². The molecular formula is C14H18F2N2O. The Bertz CT molecular complexity index is 439. The predicted octanol–water partition coefficient (Wildman–Crippen LogP) is 2.82. The molecule has 1 unspecified atom stereocenters. The molecule has 1 aliphatic carbocycles. The standard InChI is InChI=1S/C14H18F2N2O/c1-9(14(19)18-10-5-2-3-6-10)17-13-11(15)7-4-8-12(13)16/h4,7-10,17H,2-3,5-6H2,1H3,(H,18,19). The van der Waals surface area contributed by atoms with Gasteiger partial charge in [-0.3, -0.25) is 4.79 Å². The Morgan fingerprint density at radius 1 is 1.26 bits per heavy atom. The van der Waals surface area contributed by atoms with E-state index in [2.05, 4.69) is 10.6 Å². The van der Waals surface area contributed by atoms with Crippen LogP contribution >= 0.6 is 0 Å². The molecule has 0 aromatic heterocycles. The minimum Gasteiger partial charge on any atom is -0.369 e. The lowest BCUT2D eigenvalue weighted by molar-refractivity contribution is -0.122. The molecule has 1 fully saturated rings. The SMILES string of the molecule is CC(Nc1c(F)cccc1F)C(=O)NC1CCCC1. The third kappa shape index (κ3) is 3.43. The van der Waals surface area contributed by atoms with Gasteiger partial charge in [-0.15, -0.1) is 0 Å². The summed E-state index contributed by atoms with van der Waals surface area (Å²) in [5.74, 6) is -1.62. The van der Waals surface area contributed by atoms with Crippen molar-refractivity contribution in [1.82, 2.24) is 5.32 Å². The van der Waals surface area contributed by atoms with Crippen LogP contribution in [0.5, 0.6) is 0 Å². The van der Waals surface area contributed by atoms with Crippen molar-refractivity contribution in [3.8, 4) is 0 Å². The Hall–Kier alpha value is -1.65. The molecule has 1 aromatic rings. The molecule has 1 aromatic carbocycles. The van der Waals surface area contributed by atoms with Crippen LogP contribution in [0.15, 0.2) is 18.2 Å². The van der Waals surface area contributed by atoms with Crippen molar-refractivity contribution in [3.63, 3.8) is 0 Å². The van der Waals surface area contributed by atoms with Crippen LogP contribution in [0, 0.1) is 11.6 Å². The molecule has 0 saturated heterocycles. The fourth-order valence-corrected chi connectivity index (χ4v) is 2.31. The summed E-state index contributed by atoms with van der Waals surface area (Å²) in [4.78, 5) is 11.9. The van der Waals surface area contributed by atoms with Crippen LogP contribution in [0.3, 0.4) is 0 Å². The number of hydrogen-bond acceptors (Lipinski definition) is 2. The summed E-state index contributed by atoms with van der Waals surface area (Å²) in [6.45, 7) is 1.59. The highest BCUT2D eigenvalue weighted by atomic mass is 19.1. The molecule has 5 heteroatoms. The number of carbonyl (C=O) groups excluding carboxylic acids is 1. The van der Waals surface area contributed by atoms with Crippen LogP contribution in [0.25, 0.3) is 0 Å². The number of hydrogen-bond donors (Lipinski definition) is 2. The first-order chi connectivity index (χ1) is 9.08. The van der Waals surface area contributed by atoms with Crippen LogP contribution in [0.1, 0.15) is 32.6 Å². The normalized spacial score (nSPS) is 17.2. The highest BCUT2D eigenvalue weighted by Gasteiger charge is 2.21.